The Balaban J connectivity index is 1.63. The number of amides is 1. The molecule has 104 valence electrons. The molecule has 1 amide bonds. The molecule has 0 fully saturated rings. The Kier molecular flexibility index (Phi) is 4.25. The van der Waals surface area contributed by atoms with Crippen LogP contribution in [-0.4, -0.2) is 24.5 Å². The van der Waals surface area contributed by atoms with Crippen molar-refractivity contribution in [2.75, 3.05) is 13.1 Å². The molecule has 2 rings (SSSR count). The minimum atomic E-state index is -0.135. The van der Waals surface area contributed by atoms with Gasteiger partial charge in [0.05, 0.1) is 0 Å². The summed E-state index contributed by atoms with van der Waals surface area (Å²) in [5, 5.41) is 6.36. The molecule has 0 aromatic heterocycles. The van der Waals surface area contributed by atoms with Crippen LogP contribution in [0.1, 0.15) is 44.2 Å². The first-order valence-electron chi connectivity index (χ1n) is 7.05. The molecule has 3 nitrogen and oxygen atoms in total. The standard InChI is InChI=1S/C16H24N2O/c1-16(2,3)18-15(19)8-9-17-11-13-10-12-6-4-5-7-14(12)13/h4-7,13,17H,8-11H2,1-3H3,(H,18,19). The van der Waals surface area contributed by atoms with Gasteiger partial charge in [-0.1, -0.05) is 24.3 Å². The second kappa shape index (κ2) is 5.74. The molecule has 1 unspecified atom stereocenters. The topological polar surface area (TPSA) is 41.1 Å². The molecule has 1 atom stereocenters. The molecule has 0 spiro atoms. The van der Waals surface area contributed by atoms with Crippen LogP contribution in [-0.2, 0) is 11.2 Å². The van der Waals surface area contributed by atoms with Crippen LogP contribution >= 0.6 is 0 Å². The van der Waals surface area contributed by atoms with Gasteiger partial charge in [0.2, 0.25) is 5.91 Å². The third-order valence-corrected chi connectivity index (χ3v) is 3.40. The second-order valence-corrected chi connectivity index (χ2v) is 6.35. The fourth-order valence-electron chi connectivity index (χ4n) is 2.50. The number of benzene rings is 1. The average molecular weight is 260 g/mol. The first-order chi connectivity index (χ1) is 8.96. The van der Waals surface area contributed by atoms with E-state index in [4.69, 9.17) is 0 Å². The highest BCUT2D eigenvalue weighted by Crippen LogP contribution is 2.33. The summed E-state index contributed by atoms with van der Waals surface area (Å²) in [6, 6.07) is 8.60. The van der Waals surface area contributed by atoms with E-state index in [-0.39, 0.29) is 11.4 Å². The maximum absolute atomic E-state index is 11.6. The zero-order chi connectivity index (χ0) is 13.9. The molecule has 1 aliphatic rings. The van der Waals surface area contributed by atoms with Crippen LogP contribution in [0.4, 0.5) is 0 Å². The third-order valence-electron chi connectivity index (χ3n) is 3.40. The first kappa shape index (κ1) is 14.1. The van der Waals surface area contributed by atoms with Crippen molar-refractivity contribution in [3.05, 3.63) is 35.4 Å². The van der Waals surface area contributed by atoms with Gasteiger partial charge < -0.3 is 10.6 Å². The maximum Gasteiger partial charge on any atom is 0.221 e. The van der Waals surface area contributed by atoms with E-state index in [0.717, 1.165) is 19.5 Å². The van der Waals surface area contributed by atoms with Gasteiger partial charge in [-0.3, -0.25) is 4.79 Å². The molecule has 0 saturated carbocycles. The highest BCUT2D eigenvalue weighted by atomic mass is 16.1. The Bertz CT molecular complexity index is 448. The summed E-state index contributed by atoms with van der Waals surface area (Å²) in [5.74, 6) is 0.746. The van der Waals surface area contributed by atoms with E-state index in [1.54, 1.807) is 0 Å². The lowest BCUT2D eigenvalue weighted by Gasteiger charge is -2.30. The Labute approximate surface area is 115 Å². The minimum Gasteiger partial charge on any atom is -0.351 e. The van der Waals surface area contributed by atoms with E-state index in [2.05, 4.69) is 34.9 Å². The molecule has 0 radical (unpaired) electrons. The van der Waals surface area contributed by atoms with Crippen LogP contribution in [0, 0.1) is 0 Å². The maximum atomic E-state index is 11.6. The Morgan fingerprint density at radius 2 is 2.05 bits per heavy atom. The van der Waals surface area contributed by atoms with Gasteiger partial charge >= 0.3 is 0 Å². The molecule has 0 heterocycles. The molecule has 0 aliphatic heterocycles. The summed E-state index contributed by atoms with van der Waals surface area (Å²) in [7, 11) is 0. The lowest BCUT2D eigenvalue weighted by atomic mass is 9.77. The zero-order valence-electron chi connectivity index (χ0n) is 12.1. The lowest BCUT2D eigenvalue weighted by Crippen LogP contribution is -2.42. The molecule has 0 saturated heterocycles. The van der Waals surface area contributed by atoms with E-state index in [0.29, 0.717) is 12.3 Å². The van der Waals surface area contributed by atoms with Gasteiger partial charge in [0.15, 0.2) is 0 Å². The van der Waals surface area contributed by atoms with Crippen LogP contribution in [0.3, 0.4) is 0 Å². The number of nitrogens with one attached hydrogen (secondary N) is 2. The average Bonchev–Trinajstić information content (AvgIpc) is 2.27. The Hall–Kier alpha value is -1.35. The van der Waals surface area contributed by atoms with E-state index in [1.165, 1.54) is 11.1 Å². The van der Waals surface area contributed by atoms with Gasteiger partial charge in [0.25, 0.3) is 0 Å². The van der Waals surface area contributed by atoms with E-state index in [9.17, 15) is 4.79 Å². The largest absolute Gasteiger partial charge is 0.351 e. The van der Waals surface area contributed by atoms with E-state index >= 15 is 0 Å². The molecule has 1 aromatic carbocycles. The molecular formula is C16H24N2O. The normalized spacial score (nSPS) is 17.5. The Morgan fingerprint density at radius 1 is 1.32 bits per heavy atom. The fourth-order valence-corrected chi connectivity index (χ4v) is 2.50. The summed E-state index contributed by atoms with van der Waals surface area (Å²) in [6.07, 6.45) is 1.71. The molecule has 3 heteroatoms. The first-order valence-corrected chi connectivity index (χ1v) is 7.05. The van der Waals surface area contributed by atoms with E-state index in [1.807, 2.05) is 20.8 Å². The summed E-state index contributed by atoms with van der Waals surface area (Å²) >= 11 is 0. The summed E-state index contributed by atoms with van der Waals surface area (Å²) in [5.41, 5.74) is 2.80. The van der Waals surface area contributed by atoms with Crippen LogP contribution in [0.5, 0.6) is 0 Å². The highest BCUT2D eigenvalue weighted by molar-refractivity contribution is 5.76. The predicted octanol–water partition coefficient (Wildman–Crippen LogP) is 2.22. The zero-order valence-corrected chi connectivity index (χ0v) is 12.1. The van der Waals surface area contributed by atoms with Gasteiger partial charge in [0, 0.05) is 31.0 Å². The smallest absolute Gasteiger partial charge is 0.221 e. The van der Waals surface area contributed by atoms with Crippen molar-refractivity contribution in [1.82, 2.24) is 10.6 Å². The van der Waals surface area contributed by atoms with Gasteiger partial charge in [-0.25, -0.2) is 0 Å². The van der Waals surface area contributed by atoms with Crippen molar-refractivity contribution in [2.45, 2.75) is 45.1 Å². The van der Waals surface area contributed by atoms with Crippen molar-refractivity contribution in [3.63, 3.8) is 0 Å². The van der Waals surface area contributed by atoms with Crippen LogP contribution in [0.25, 0.3) is 0 Å². The van der Waals surface area contributed by atoms with Gasteiger partial charge in [-0.15, -0.1) is 0 Å². The number of hydrogen-bond acceptors (Lipinski definition) is 2. The number of hydrogen-bond donors (Lipinski definition) is 2. The molecule has 1 aromatic rings. The third kappa shape index (κ3) is 4.06. The monoisotopic (exact) mass is 260 g/mol. The molecule has 19 heavy (non-hydrogen) atoms. The van der Waals surface area contributed by atoms with Crippen LogP contribution < -0.4 is 10.6 Å². The summed E-state index contributed by atoms with van der Waals surface area (Å²) in [6.45, 7) is 7.73. The predicted molar refractivity (Wildman–Crippen MR) is 78.3 cm³/mol. The van der Waals surface area contributed by atoms with Gasteiger partial charge in [0.1, 0.15) is 0 Å². The van der Waals surface area contributed by atoms with Gasteiger partial charge in [-0.05, 0) is 38.3 Å². The number of carbonyl (C=O) groups is 1. The summed E-state index contributed by atoms with van der Waals surface area (Å²) < 4.78 is 0. The lowest BCUT2D eigenvalue weighted by molar-refractivity contribution is -0.122. The molecule has 2 N–H and O–H groups in total. The molecular weight excluding hydrogens is 236 g/mol. The van der Waals surface area contributed by atoms with Crippen LogP contribution in [0.2, 0.25) is 0 Å². The van der Waals surface area contributed by atoms with Crippen molar-refractivity contribution < 1.29 is 4.79 Å². The van der Waals surface area contributed by atoms with E-state index < -0.39 is 0 Å². The van der Waals surface area contributed by atoms with Gasteiger partial charge in [-0.2, -0.15) is 0 Å². The number of fused-ring (bicyclic) bond motifs is 1. The van der Waals surface area contributed by atoms with Crippen LogP contribution in [0.15, 0.2) is 24.3 Å². The molecule has 0 bridgehead atoms. The minimum absolute atomic E-state index is 0.119. The number of rotatable bonds is 5. The SMILES string of the molecule is CC(C)(C)NC(=O)CCNCC1Cc2ccccc21. The van der Waals surface area contributed by atoms with Crippen molar-refractivity contribution in [2.24, 2.45) is 0 Å². The van der Waals surface area contributed by atoms with Crippen molar-refractivity contribution >= 4 is 5.91 Å². The summed E-state index contributed by atoms with van der Waals surface area (Å²) in [4.78, 5) is 11.6. The fraction of sp³-hybridized carbons (Fsp3) is 0.562. The molecule has 1 aliphatic carbocycles. The van der Waals surface area contributed by atoms with Crippen molar-refractivity contribution in [3.8, 4) is 0 Å². The highest BCUT2D eigenvalue weighted by Gasteiger charge is 2.24. The Morgan fingerprint density at radius 3 is 2.74 bits per heavy atom. The quantitative estimate of drug-likeness (QED) is 0.797. The van der Waals surface area contributed by atoms with Crippen molar-refractivity contribution in [1.29, 1.82) is 0 Å². The number of carbonyl (C=O) groups excluding carboxylic acids is 1. The second-order valence-electron chi connectivity index (χ2n) is 6.35.